The average molecular weight is 457 g/mol. The molecule has 2 aromatic carbocycles. The Balaban J connectivity index is 1.86. The van der Waals surface area contributed by atoms with Crippen LogP contribution in [0.5, 0.6) is 0 Å². The zero-order valence-electron chi connectivity index (χ0n) is 17.8. The van der Waals surface area contributed by atoms with Crippen LogP contribution < -0.4 is 10.3 Å². The van der Waals surface area contributed by atoms with E-state index in [0.717, 1.165) is 12.3 Å². The van der Waals surface area contributed by atoms with E-state index in [-0.39, 0.29) is 49.4 Å². The van der Waals surface area contributed by atoms with Gasteiger partial charge in [0.15, 0.2) is 5.82 Å². The van der Waals surface area contributed by atoms with E-state index in [9.17, 15) is 19.5 Å². The van der Waals surface area contributed by atoms with Gasteiger partial charge in [-0.25, -0.2) is 18.4 Å². The molecule has 0 spiro atoms. The summed E-state index contributed by atoms with van der Waals surface area (Å²) in [6.07, 6.45) is 0.557. The normalized spacial score (nSPS) is 13.9. The molecule has 0 radical (unpaired) electrons. The fourth-order valence-corrected chi connectivity index (χ4v) is 3.97. The van der Waals surface area contributed by atoms with Crippen LogP contribution in [0.15, 0.2) is 47.4 Å². The van der Waals surface area contributed by atoms with Crippen molar-refractivity contribution in [2.75, 3.05) is 37.7 Å². The van der Waals surface area contributed by atoms with Gasteiger partial charge in [0, 0.05) is 38.1 Å². The summed E-state index contributed by atoms with van der Waals surface area (Å²) < 4.78 is 37.2. The van der Waals surface area contributed by atoms with Gasteiger partial charge in [-0.15, -0.1) is 0 Å². The first-order valence-electron chi connectivity index (χ1n) is 10.4. The lowest BCUT2D eigenvalue weighted by molar-refractivity contribution is 0.0694. The number of anilines is 1. The number of benzene rings is 2. The molecular weight excluding hydrogens is 436 g/mol. The molecule has 1 aromatic heterocycles. The number of amides is 1. The zero-order valence-corrected chi connectivity index (χ0v) is 17.8. The highest BCUT2D eigenvalue weighted by Gasteiger charge is 2.29. The first-order valence-corrected chi connectivity index (χ1v) is 10.4. The van der Waals surface area contributed by atoms with Crippen molar-refractivity contribution >= 4 is 28.7 Å². The number of hydrogen-bond acceptors (Lipinski definition) is 5. The molecule has 10 heteroatoms. The van der Waals surface area contributed by atoms with E-state index in [1.807, 2.05) is 0 Å². The number of carbonyl (C=O) groups excluding carboxylic acids is 1. The van der Waals surface area contributed by atoms with Gasteiger partial charge in [0.25, 0.3) is 0 Å². The number of hydrogen-bond donors (Lipinski definition) is 1. The summed E-state index contributed by atoms with van der Waals surface area (Å²) in [5.74, 6) is -3.46. The number of rotatable bonds is 4. The van der Waals surface area contributed by atoms with E-state index in [4.69, 9.17) is 4.74 Å². The number of aromatic nitrogens is 1. The molecule has 0 bridgehead atoms. The summed E-state index contributed by atoms with van der Waals surface area (Å²) in [4.78, 5) is 39.2. The van der Waals surface area contributed by atoms with E-state index >= 15 is 8.78 Å². The molecule has 1 fully saturated rings. The number of para-hydroxylation sites is 1. The van der Waals surface area contributed by atoms with Gasteiger partial charge in [0.2, 0.25) is 5.43 Å². The molecule has 33 heavy (non-hydrogen) atoms. The Morgan fingerprint density at radius 1 is 1.09 bits per heavy atom. The van der Waals surface area contributed by atoms with Crippen LogP contribution in [-0.2, 0) is 4.74 Å². The van der Waals surface area contributed by atoms with Crippen LogP contribution in [0, 0.1) is 11.6 Å². The van der Waals surface area contributed by atoms with E-state index in [0.29, 0.717) is 5.69 Å². The van der Waals surface area contributed by atoms with Crippen molar-refractivity contribution < 1.29 is 28.2 Å². The summed E-state index contributed by atoms with van der Waals surface area (Å²) in [6.45, 7) is 2.64. The largest absolute Gasteiger partial charge is 0.477 e. The number of fused-ring (bicyclic) bond motifs is 1. The van der Waals surface area contributed by atoms with Crippen molar-refractivity contribution in [1.29, 1.82) is 0 Å². The third kappa shape index (κ3) is 3.99. The van der Waals surface area contributed by atoms with Crippen molar-refractivity contribution in [1.82, 2.24) is 9.47 Å². The van der Waals surface area contributed by atoms with Crippen molar-refractivity contribution in [2.45, 2.75) is 6.92 Å². The number of ether oxygens (including phenoxy) is 1. The Kier molecular flexibility index (Phi) is 5.99. The van der Waals surface area contributed by atoms with E-state index in [1.165, 1.54) is 14.4 Å². The van der Waals surface area contributed by atoms with Crippen LogP contribution in [0.1, 0.15) is 17.3 Å². The number of carbonyl (C=O) groups is 2. The third-order valence-corrected chi connectivity index (χ3v) is 5.54. The standard InChI is InChI=1S/C23H21F2N3O5/c1-2-33-23(32)27-10-8-26(9-11-27)20-17(24)12-15-19(18(20)25)28(14-6-4-3-5-7-14)13-16(21(15)29)22(30)31/h3-7,12-13H,2,8-11H2,1H3,(H,30,31). The summed E-state index contributed by atoms with van der Waals surface area (Å²) in [7, 11) is 0. The predicted octanol–water partition coefficient (Wildman–Crippen LogP) is 3.25. The number of carboxylic acids is 1. The van der Waals surface area contributed by atoms with Crippen LogP contribution in [0.25, 0.3) is 16.6 Å². The SMILES string of the molecule is CCOC(=O)N1CCN(c2c(F)cc3c(=O)c(C(=O)O)cn(-c4ccccc4)c3c2F)CC1. The summed E-state index contributed by atoms with van der Waals surface area (Å²) in [5.41, 5.74) is -1.71. The zero-order chi connectivity index (χ0) is 23.7. The summed E-state index contributed by atoms with van der Waals surface area (Å²) in [5, 5.41) is 9.08. The summed E-state index contributed by atoms with van der Waals surface area (Å²) >= 11 is 0. The van der Waals surface area contributed by atoms with Gasteiger partial charge in [0.05, 0.1) is 17.5 Å². The highest BCUT2D eigenvalue weighted by molar-refractivity contribution is 5.94. The molecule has 3 aromatic rings. The second kappa shape index (κ2) is 8.89. The molecule has 172 valence electrons. The van der Waals surface area contributed by atoms with Gasteiger partial charge in [-0.2, -0.15) is 0 Å². The molecule has 8 nitrogen and oxygen atoms in total. The van der Waals surface area contributed by atoms with Crippen LogP contribution in [-0.4, -0.2) is 59.4 Å². The Bertz CT molecular complexity index is 1280. The molecular formula is C23H21F2N3O5. The molecule has 0 atom stereocenters. The van der Waals surface area contributed by atoms with E-state index in [1.54, 1.807) is 37.3 Å². The van der Waals surface area contributed by atoms with Crippen LogP contribution >= 0.6 is 0 Å². The number of carboxylic acid groups (broad SMARTS) is 1. The highest BCUT2D eigenvalue weighted by Crippen LogP contribution is 2.32. The molecule has 1 aliphatic rings. The number of nitrogens with zero attached hydrogens (tertiary/aromatic N) is 3. The highest BCUT2D eigenvalue weighted by atomic mass is 19.1. The molecule has 1 N–H and O–H groups in total. The van der Waals surface area contributed by atoms with Crippen LogP contribution in [0.3, 0.4) is 0 Å². The minimum atomic E-state index is -1.49. The van der Waals surface area contributed by atoms with Gasteiger partial charge in [0.1, 0.15) is 17.1 Å². The van der Waals surface area contributed by atoms with Gasteiger partial charge in [-0.3, -0.25) is 4.79 Å². The van der Waals surface area contributed by atoms with Gasteiger partial charge >= 0.3 is 12.1 Å². The number of halogens is 2. The molecule has 0 unspecified atom stereocenters. The lowest BCUT2D eigenvalue weighted by Gasteiger charge is -2.35. The fourth-order valence-electron chi connectivity index (χ4n) is 3.97. The monoisotopic (exact) mass is 457 g/mol. The fraction of sp³-hybridized carbons (Fsp3) is 0.261. The van der Waals surface area contributed by atoms with Crippen molar-refractivity contribution in [2.24, 2.45) is 0 Å². The van der Waals surface area contributed by atoms with E-state index in [2.05, 4.69) is 0 Å². The Morgan fingerprint density at radius 3 is 2.36 bits per heavy atom. The maximum Gasteiger partial charge on any atom is 0.409 e. The molecule has 0 saturated carbocycles. The second-order valence-corrected chi connectivity index (χ2v) is 7.47. The van der Waals surface area contributed by atoms with Crippen molar-refractivity contribution in [3.05, 3.63) is 70.0 Å². The predicted molar refractivity (Wildman–Crippen MR) is 117 cm³/mol. The van der Waals surface area contributed by atoms with Crippen molar-refractivity contribution in [3.63, 3.8) is 0 Å². The first-order chi connectivity index (χ1) is 15.8. The lowest BCUT2D eigenvalue weighted by atomic mass is 10.1. The molecule has 1 amide bonds. The van der Waals surface area contributed by atoms with Gasteiger partial charge in [-0.1, -0.05) is 18.2 Å². The second-order valence-electron chi connectivity index (χ2n) is 7.47. The van der Waals surface area contributed by atoms with Crippen LogP contribution in [0.4, 0.5) is 19.3 Å². The summed E-state index contributed by atoms with van der Waals surface area (Å²) in [6, 6.07) is 9.20. The number of aromatic carboxylic acids is 1. The molecule has 1 saturated heterocycles. The third-order valence-electron chi connectivity index (χ3n) is 5.54. The smallest absolute Gasteiger partial charge is 0.409 e. The Labute approximate surface area is 187 Å². The molecule has 1 aliphatic heterocycles. The van der Waals surface area contributed by atoms with Gasteiger partial charge in [-0.05, 0) is 25.1 Å². The van der Waals surface area contributed by atoms with Crippen molar-refractivity contribution in [3.8, 4) is 5.69 Å². The average Bonchev–Trinajstić information content (AvgIpc) is 2.80. The van der Waals surface area contributed by atoms with E-state index < -0.39 is 34.7 Å². The topological polar surface area (TPSA) is 92.1 Å². The minimum absolute atomic E-state index is 0.154. The Morgan fingerprint density at radius 2 is 1.76 bits per heavy atom. The van der Waals surface area contributed by atoms with Gasteiger partial charge < -0.3 is 24.2 Å². The minimum Gasteiger partial charge on any atom is -0.477 e. The maximum atomic E-state index is 15.9. The van der Waals surface area contributed by atoms with Crippen LogP contribution in [0.2, 0.25) is 0 Å². The maximum absolute atomic E-state index is 15.9. The first kappa shape index (κ1) is 22.3. The number of pyridine rings is 1. The lowest BCUT2D eigenvalue weighted by Crippen LogP contribution is -2.49. The Hall–Kier alpha value is -3.95. The number of piperazine rings is 1. The molecule has 0 aliphatic carbocycles. The molecule has 2 heterocycles. The quantitative estimate of drug-likeness (QED) is 0.647. The molecule has 4 rings (SSSR count).